The molecule has 1 aromatic heterocycles. The Morgan fingerprint density at radius 1 is 1.17 bits per heavy atom. The Labute approximate surface area is 110 Å². The van der Waals surface area contributed by atoms with Gasteiger partial charge < -0.3 is 11.1 Å². The SMILES string of the molecule is NC(=S)Nc1ccccc1C(=O)c1ccccn1. The topological polar surface area (TPSA) is 68.0 Å². The summed E-state index contributed by atoms with van der Waals surface area (Å²) in [6, 6.07) is 12.2. The van der Waals surface area contributed by atoms with Gasteiger partial charge in [0.15, 0.2) is 5.11 Å². The van der Waals surface area contributed by atoms with Gasteiger partial charge in [-0.2, -0.15) is 0 Å². The largest absolute Gasteiger partial charge is 0.376 e. The van der Waals surface area contributed by atoms with E-state index in [-0.39, 0.29) is 10.9 Å². The Morgan fingerprint density at radius 3 is 2.56 bits per heavy atom. The third-order valence-corrected chi connectivity index (χ3v) is 2.43. The van der Waals surface area contributed by atoms with Crippen LogP contribution in [0.2, 0.25) is 0 Å². The molecule has 0 atom stereocenters. The number of rotatable bonds is 3. The molecule has 5 heteroatoms. The number of aromatic nitrogens is 1. The van der Waals surface area contributed by atoms with Gasteiger partial charge in [0, 0.05) is 11.8 Å². The quantitative estimate of drug-likeness (QED) is 0.650. The second-order valence-corrected chi connectivity index (χ2v) is 4.02. The number of carbonyl (C=O) groups excluding carboxylic acids is 1. The van der Waals surface area contributed by atoms with Crippen LogP contribution < -0.4 is 11.1 Å². The van der Waals surface area contributed by atoms with E-state index in [0.29, 0.717) is 16.9 Å². The van der Waals surface area contributed by atoms with E-state index in [1.165, 1.54) is 0 Å². The summed E-state index contributed by atoms with van der Waals surface area (Å²) in [7, 11) is 0. The monoisotopic (exact) mass is 257 g/mol. The van der Waals surface area contributed by atoms with E-state index < -0.39 is 0 Å². The lowest BCUT2D eigenvalue weighted by molar-refractivity contribution is 0.103. The summed E-state index contributed by atoms with van der Waals surface area (Å²) in [4.78, 5) is 16.3. The highest BCUT2D eigenvalue weighted by molar-refractivity contribution is 7.80. The summed E-state index contributed by atoms with van der Waals surface area (Å²) in [5.41, 5.74) is 6.88. The molecule has 0 radical (unpaired) electrons. The fraction of sp³-hybridized carbons (Fsp3) is 0. The lowest BCUT2D eigenvalue weighted by Gasteiger charge is -2.09. The zero-order chi connectivity index (χ0) is 13.0. The number of anilines is 1. The molecule has 2 aromatic rings. The Balaban J connectivity index is 2.39. The molecule has 0 spiro atoms. The van der Waals surface area contributed by atoms with Gasteiger partial charge in [0.1, 0.15) is 5.69 Å². The minimum atomic E-state index is -0.171. The van der Waals surface area contributed by atoms with Crippen molar-refractivity contribution < 1.29 is 4.79 Å². The number of nitrogens with two attached hydrogens (primary N) is 1. The lowest BCUT2D eigenvalue weighted by atomic mass is 10.1. The van der Waals surface area contributed by atoms with Crippen molar-refractivity contribution in [3.63, 3.8) is 0 Å². The molecule has 0 bridgehead atoms. The third-order valence-electron chi connectivity index (χ3n) is 2.33. The van der Waals surface area contributed by atoms with Gasteiger partial charge in [-0.15, -0.1) is 0 Å². The summed E-state index contributed by atoms with van der Waals surface area (Å²) in [5.74, 6) is -0.171. The molecule has 0 amide bonds. The Hall–Kier alpha value is -2.27. The van der Waals surface area contributed by atoms with E-state index in [4.69, 9.17) is 18.0 Å². The van der Waals surface area contributed by atoms with Crippen LogP contribution in [0.15, 0.2) is 48.7 Å². The number of ketones is 1. The molecular weight excluding hydrogens is 246 g/mol. The predicted octanol–water partition coefficient (Wildman–Crippen LogP) is 1.97. The first-order valence-corrected chi connectivity index (χ1v) is 5.70. The van der Waals surface area contributed by atoms with E-state index >= 15 is 0 Å². The van der Waals surface area contributed by atoms with Crippen LogP contribution in [-0.2, 0) is 0 Å². The average Bonchev–Trinajstić information content (AvgIpc) is 2.39. The van der Waals surface area contributed by atoms with E-state index in [2.05, 4.69) is 10.3 Å². The van der Waals surface area contributed by atoms with Gasteiger partial charge >= 0.3 is 0 Å². The standard InChI is InChI=1S/C13H11N3OS/c14-13(18)16-10-6-2-1-5-9(10)12(17)11-7-3-4-8-15-11/h1-8H,(H3,14,16,18). The predicted molar refractivity (Wildman–Crippen MR) is 74.5 cm³/mol. The third kappa shape index (κ3) is 2.70. The number of pyridine rings is 1. The summed E-state index contributed by atoms with van der Waals surface area (Å²) >= 11 is 4.78. The summed E-state index contributed by atoms with van der Waals surface area (Å²) in [6.07, 6.45) is 1.58. The summed E-state index contributed by atoms with van der Waals surface area (Å²) < 4.78 is 0. The van der Waals surface area contributed by atoms with E-state index in [1.807, 2.05) is 0 Å². The van der Waals surface area contributed by atoms with Crippen molar-refractivity contribution in [1.29, 1.82) is 0 Å². The van der Waals surface area contributed by atoms with E-state index in [1.54, 1.807) is 48.7 Å². The number of hydrogen-bond acceptors (Lipinski definition) is 3. The van der Waals surface area contributed by atoms with Crippen molar-refractivity contribution in [2.45, 2.75) is 0 Å². The van der Waals surface area contributed by atoms with Crippen molar-refractivity contribution in [2.75, 3.05) is 5.32 Å². The van der Waals surface area contributed by atoms with Gasteiger partial charge in [-0.3, -0.25) is 9.78 Å². The van der Waals surface area contributed by atoms with E-state index in [0.717, 1.165) is 0 Å². The van der Waals surface area contributed by atoms with Crippen molar-refractivity contribution in [2.24, 2.45) is 5.73 Å². The number of benzene rings is 1. The maximum Gasteiger partial charge on any atom is 0.213 e. The van der Waals surface area contributed by atoms with Crippen LogP contribution in [0.4, 0.5) is 5.69 Å². The molecule has 0 aliphatic heterocycles. The maximum atomic E-state index is 12.3. The summed E-state index contributed by atoms with van der Waals surface area (Å²) in [5, 5.41) is 2.91. The highest BCUT2D eigenvalue weighted by Crippen LogP contribution is 2.18. The van der Waals surface area contributed by atoms with Crippen LogP contribution in [0, 0.1) is 0 Å². The first kappa shape index (κ1) is 12.2. The molecule has 4 nitrogen and oxygen atoms in total. The first-order valence-electron chi connectivity index (χ1n) is 5.29. The lowest BCUT2D eigenvalue weighted by Crippen LogP contribution is -2.20. The highest BCUT2D eigenvalue weighted by atomic mass is 32.1. The second-order valence-electron chi connectivity index (χ2n) is 3.58. The number of nitrogens with zero attached hydrogens (tertiary/aromatic N) is 1. The van der Waals surface area contributed by atoms with Crippen LogP contribution in [0.1, 0.15) is 16.1 Å². The molecule has 3 N–H and O–H groups in total. The molecule has 90 valence electrons. The molecule has 0 aliphatic rings. The van der Waals surface area contributed by atoms with Crippen LogP contribution in [0.5, 0.6) is 0 Å². The zero-order valence-corrected chi connectivity index (χ0v) is 10.3. The number of para-hydroxylation sites is 1. The second kappa shape index (κ2) is 5.37. The molecular formula is C13H11N3OS. The fourth-order valence-corrected chi connectivity index (χ4v) is 1.67. The zero-order valence-electron chi connectivity index (χ0n) is 9.46. The van der Waals surface area contributed by atoms with Crippen molar-refractivity contribution in [3.05, 3.63) is 59.9 Å². The molecule has 0 aliphatic carbocycles. The molecule has 0 unspecified atom stereocenters. The van der Waals surface area contributed by atoms with Crippen LogP contribution in [0.25, 0.3) is 0 Å². The van der Waals surface area contributed by atoms with Gasteiger partial charge in [0.2, 0.25) is 5.78 Å². The minimum Gasteiger partial charge on any atom is -0.376 e. The van der Waals surface area contributed by atoms with Crippen molar-refractivity contribution in [1.82, 2.24) is 4.98 Å². The Bertz CT molecular complexity index is 584. The number of thiocarbonyl (C=S) groups is 1. The molecule has 2 rings (SSSR count). The molecule has 18 heavy (non-hydrogen) atoms. The van der Waals surface area contributed by atoms with E-state index in [9.17, 15) is 4.79 Å². The van der Waals surface area contributed by atoms with Gasteiger partial charge in [0.05, 0.1) is 5.69 Å². The van der Waals surface area contributed by atoms with Gasteiger partial charge in [-0.1, -0.05) is 18.2 Å². The molecule has 0 fully saturated rings. The van der Waals surface area contributed by atoms with Crippen LogP contribution in [-0.4, -0.2) is 15.9 Å². The molecule has 1 heterocycles. The molecule has 0 saturated heterocycles. The number of carbonyl (C=O) groups is 1. The first-order chi connectivity index (χ1) is 8.68. The van der Waals surface area contributed by atoms with Gasteiger partial charge in [0.25, 0.3) is 0 Å². The maximum absolute atomic E-state index is 12.3. The number of hydrogen-bond donors (Lipinski definition) is 2. The molecule has 0 saturated carbocycles. The summed E-state index contributed by atoms with van der Waals surface area (Å²) in [6.45, 7) is 0. The normalized spacial score (nSPS) is 9.78. The smallest absolute Gasteiger partial charge is 0.213 e. The van der Waals surface area contributed by atoms with Gasteiger partial charge in [-0.05, 0) is 36.5 Å². The number of nitrogens with one attached hydrogen (secondary N) is 1. The fourth-order valence-electron chi connectivity index (χ4n) is 1.56. The Morgan fingerprint density at radius 2 is 1.89 bits per heavy atom. The molecule has 1 aromatic carbocycles. The van der Waals surface area contributed by atoms with Crippen molar-refractivity contribution >= 4 is 28.8 Å². The highest BCUT2D eigenvalue weighted by Gasteiger charge is 2.14. The Kier molecular flexibility index (Phi) is 3.64. The van der Waals surface area contributed by atoms with Crippen LogP contribution in [0.3, 0.4) is 0 Å². The minimum absolute atomic E-state index is 0.122. The van der Waals surface area contributed by atoms with Crippen LogP contribution >= 0.6 is 12.2 Å². The average molecular weight is 257 g/mol. The van der Waals surface area contributed by atoms with Crippen molar-refractivity contribution in [3.8, 4) is 0 Å². The van der Waals surface area contributed by atoms with Gasteiger partial charge in [-0.25, -0.2) is 0 Å².